The van der Waals surface area contributed by atoms with Gasteiger partial charge in [-0.1, -0.05) is 11.6 Å². The highest BCUT2D eigenvalue weighted by molar-refractivity contribution is 7.56. The molecule has 1 unspecified atom stereocenters. The zero-order chi connectivity index (χ0) is 13.3. The summed E-state index contributed by atoms with van der Waals surface area (Å²) in [5.74, 6) is 0.0506. The minimum Gasteiger partial charge on any atom is -0.386 e. The van der Waals surface area contributed by atoms with E-state index in [4.69, 9.17) is 16.7 Å². The fourth-order valence-electron chi connectivity index (χ4n) is 1.52. The van der Waals surface area contributed by atoms with E-state index in [0.29, 0.717) is 15.9 Å². The fraction of sp³-hybridized carbons (Fsp3) is 0.200. The predicted molar refractivity (Wildman–Crippen MR) is 68.0 cm³/mol. The van der Waals surface area contributed by atoms with Gasteiger partial charge < -0.3 is 15.0 Å². The maximum atomic E-state index is 11.7. The molecule has 0 aliphatic carbocycles. The molecule has 0 radical (unpaired) electrons. The van der Waals surface area contributed by atoms with Gasteiger partial charge in [0.2, 0.25) is 7.37 Å². The lowest BCUT2D eigenvalue weighted by atomic mass is 10.2. The third-order valence-corrected chi connectivity index (χ3v) is 3.81. The monoisotopic (exact) mass is 288 g/mol. The molecule has 6 nitrogen and oxygen atoms in total. The van der Waals surface area contributed by atoms with Gasteiger partial charge in [0.05, 0.1) is 17.1 Å². The third-order valence-electron chi connectivity index (χ3n) is 2.34. The molecule has 1 atom stereocenters. The van der Waals surface area contributed by atoms with Gasteiger partial charge in [0.15, 0.2) is 0 Å². The fourth-order valence-corrected chi connectivity index (χ4v) is 2.40. The minimum atomic E-state index is -3.72. The Bertz CT molecular complexity index is 700. The van der Waals surface area contributed by atoms with Crippen molar-refractivity contribution in [3.8, 4) is 0 Å². The van der Waals surface area contributed by atoms with E-state index in [1.165, 1.54) is 12.1 Å². The summed E-state index contributed by atoms with van der Waals surface area (Å²) in [6.45, 7) is 0. The molecule has 1 aromatic heterocycles. The lowest BCUT2D eigenvalue weighted by Gasteiger charge is -2.07. The molecular weight excluding hydrogens is 279 g/mol. The van der Waals surface area contributed by atoms with Crippen molar-refractivity contribution in [1.29, 1.82) is 0 Å². The number of aliphatic hydroxyl groups is 1. The summed E-state index contributed by atoms with van der Waals surface area (Å²) in [5.41, 5.74) is -0.0659. The Morgan fingerprint density at radius 1 is 1.44 bits per heavy atom. The van der Waals surface area contributed by atoms with Crippen molar-refractivity contribution in [3.05, 3.63) is 39.4 Å². The van der Waals surface area contributed by atoms with E-state index in [1.54, 1.807) is 6.07 Å². The molecule has 0 aliphatic heterocycles. The summed E-state index contributed by atoms with van der Waals surface area (Å²) in [7, 11) is -3.72. The highest BCUT2D eigenvalue weighted by Crippen LogP contribution is 2.42. The number of nitrogens with zero attached hydrogens (tertiary/aromatic N) is 1. The molecule has 3 N–H and O–H groups in total. The second kappa shape index (κ2) is 4.82. The summed E-state index contributed by atoms with van der Waals surface area (Å²) < 4.78 is 11.4. The first-order valence-electron chi connectivity index (χ1n) is 5.01. The summed E-state index contributed by atoms with van der Waals surface area (Å²) >= 11 is 5.79. The van der Waals surface area contributed by atoms with Gasteiger partial charge in [-0.2, -0.15) is 0 Å². The second-order valence-corrected chi connectivity index (χ2v) is 6.55. The number of aliphatic hydroxyl groups excluding tert-OH is 1. The molecule has 0 spiro atoms. The summed E-state index contributed by atoms with van der Waals surface area (Å²) in [5, 5.41) is 9.49. The lowest BCUT2D eigenvalue weighted by Crippen LogP contribution is -2.12. The number of benzene rings is 1. The molecule has 2 rings (SSSR count). The SMILES string of the molecule is O=c1[nH]c(CP(=O)(O)CO)nc2cc(Cl)ccc12. The van der Waals surface area contributed by atoms with Crippen LogP contribution in [0.25, 0.3) is 10.9 Å². The van der Waals surface area contributed by atoms with Gasteiger partial charge in [-0.15, -0.1) is 0 Å². The topological polar surface area (TPSA) is 103 Å². The molecule has 8 heteroatoms. The molecule has 0 saturated heterocycles. The maximum Gasteiger partial charge on any atom is 0.258 e. The molecule has 18 heavy (non-hydrogen) atoms. The van der Waals surface area contributed by atoms with Crippen LogP contribution < -0.4 is 5.56 Å². The minimum absolute atomic E-state index is 0.0506. The zero-order valence-electron chi connectivity index (χ0n) is 9.13. The van der Waals surface area contributed by atoms with Crippen molar-refractivity contribution in [2.24, 2.45) is 0 Å². The Balaban J connectivity index is 2.55. The van der Waals surface area contributed by atoms with Crippen LogP contribution in [-0.4, -0.2) is 26.3 Å². The van der Waals surface area contributed by atoms with Gasteiger partial charge in [0.1, 0.15) is 12.2 Å². The van der Waals surface area contributed by atoms with E-state index in [1.807, 2.05) is 0 Å². The highest BCUT2D eigenvalue weighted by Gasteiger charge is 2.19. The van der Waals surface area contributed by atoms with Crippen molar-refractivity contribution in [3.63, 3.8) is 0 Å². The van der Waals surface area contributed by atoms with E-state index >= 15 is 0 Å². The van der Waals surface area contributed by atoms with Crippen LogP contribution in [0, 0.1) is 0 Å². The van der Waals surface area contributed by atoms with Gasteiger partial charge in [0, 0.05) is 5.02 Å². The number of fused-ring (bicyclic) bond motifs is 1. The number of hydrogen-bond donors (Lipinski definition) is 3. The van der Waals surface area contributed by atoms with Crippen molar-refractivity contribution < 1.29 is 14.6 Å². The van der Waals surface area contributed by atoms with E-state index in [9.17, 15) is 14.3 Å². The first-order valence-corrected chi connectivity index (χ1v) is 7.42. The van der Waals surface area contributed by atoms with E-state index in [-0.39, 0.29) is 12.0 Å². The number of nitrogens with one attached hydrogen (secondary N) is 1. The van der Waals surface area contributed by atoms with Crippen molar-refractivity contribution in [1.82, 2.24) is 9.97 Å². The average molecular weight is 289 g/mol. The smallest absolute Gasteiger partial charge is 0.258 e. The predicted octanol–water partition coefficient (Wildman–Crippen LogP) is 1.30. The molecule has 0 bridgehead atoms. The van der Waals surface area contributed by atoms with Crippen LogP contribution >= 0.6 is 19.0 Å². The Morgan fingerprint density at radius 3 is 2.83 bits per heavy atom. The quantitative estimate of drug-likeness (QED) is 0.739. The van der Waals surface area contributed by atoms with Crippen LogP contribution in [-0.2, 0) is 10.7 Å². The molecule has 96 valence electrons. The first-order chi connectivity index (χ1) is 8.41. The summed E-state index contributed by atoms with van der Waals surface area (Å²) in [6.07, 6.45) is -1.24. The average Bonchev–Trinajstić information content (AvgIpc) is 2.27. The van der Waals surface area contributed by atoms with Crippen LogP contribution in [0.4, 0.5) is 0 Å². The first kappa shape index (κ1) is 13.2. The zero-order valence-corrected chi connectivity index (χ0v) is 10.8. The normalized spacial score (nSPS) is 14.6. The van der Waals surface area contributed by atoms with E-state index in [2.05, 4.69) is 9.97 Å². The highest BCUT2D eigenvalue weighted by atomic mass is 35.5. The Kier molecular flexibility index (Phi) is 3.54. The van der Waals surface area contributed by atoms with Gasteiger partial charge in [0.25, 0.3) is 5.56 Å². The van der Waals surface area contributed by atoms with Gasteiger partial charge in [-0.3, -0.25) is 9.36 Å². The number of aromatic amines is 1. The van der Waals surface area contributed by atoms with Gasteiger partial charge in [-0.05, 0) is 18.2 Å². The number of aromatic nitrogens is 2. The number of halogens is 1. The largest absolute Gasteiger partial charge is 0.386 e. The van der Waals surface area contributed by atoms with Gasteiger partial charge >= 0.3 is 0 Å². The van der Waals surface area contributed by atoms with Crippen molar-refractivity contribution in [2.45, 2.75) is 6.16 Å². The van der Waals surface area contributed by atoms with E-state index in [0.717, 1.165) is 0 Å². The Labute approximate surface area is 107 Å². The molecular formula is C10H10ClN2O4P. The van der Waals surface area contributed by atoms with Crippen molar-refractivity contribution in [2.75, 3.05) is 6.35 Å². The molecule has 0 aliphatic rings. The Hall–Kier alpha value is -1.20. The third kappa shape index (κ3) is 2.79. The molecule has 1 aromatic carbocycles. The lowest BCUT2D eigenvalue weighted by molar-refractivity contribution is 0.332. The molecule has 0 saturated carbocycles. The van der Waals surface area contributed by atoms with Crippen LogP contribution in [0.3, 0.4) is 0 Å². The Morgan fingerprint density at radius 2 is 2.17 bits per heavy atom. The van der Waals surface area contributed by atoms with Crippen molar-refractivity contribution >= 4 is 29.9 Å². The molecule has 0 fully saturated rings. The molecule has 1 heterocycles. The standard InChI is InChI=1S/C10H10ClN2O4P/c11-6-1-2-7-8(3-6)12-9(13-10(7)15)4-18(16,17)5-14/h1-3,14H,4-5H2,(H,16,17)(H,12,13,15). The number of H-pyrrole nitrogens is 1. The second-order valence-electron chi connectivity index (χ2n) is 3.82. The van der Waals surface area contributed by atoms with Crippen LogP contribution in [0.1, 0.15) is 5.82 Å². The van der Waals surface area contributed by atoms with E-state index < -0.39 is 19.3 Å². The van der Waals surface area contributed by atoms with Crippen LogP contribution in [0.2, 0.25) is 5.02 Å². The summed E-state index contributed by atoms with van der Waals surface area (Å²) in [6, 6.07) is 4.58. The number of hydrogen-bond acceptors (Lipinski definition) is 4. The maximum absolute atomic E-state index is 11.7. The van der Waals surface area contributed by atoms with Gasteiger partial charge in [-0.25, -0.2) is 4.98 Å². The molecule has 0 amide bonds. The number of rotatable bonds is 3. The summed E-state index contributed by atoms with van der Waals surface area (Å²) in [4.78, 5) is 27.5. The van der Waals surface area contributed by atoms with Crippen LogP contribution in [0.15, 0.2) is 23.0 Å². The van der Waals surface area contributed by atoms with Crippen LogP contribution in [0.5, 0.6) is 0 Å². The molecule has 2 aromatic rings.